The highest BCUT2D eigenvalue weighted by Crippen LogP contribution is 2.23. The number of hydrogen-bond acceptors (Lipinski definition) is 3. The fourth-order valence-corrected chi connectivity index (χ4v) is 2.68. The molecule has 0 fully saturated rings. The van der Waals surface area contributed by atoms with Gasteiger partial charge in [0.2, 0.25) is 0 Å². The first-order valence-corrected chi connectivity index (χ1v) is 6.98. The lowest BCUT2D eigenvalue weighted by atomic mass is 10.00. The van der Waals surface area contributed by atoms with Crippen LogP contribution in [0.5, 0.6) is 0 Å². The normalized spacial score (nSPS) is 14.2. The van der Waals surface area contributed by atoms with Crippen molar-refractivity contribution in [2.45, 2.75) is 19.9 Å². The minimum absolute atomic E-state index is 0.0628. The van der Waals surface area contributed by atoms with E-state index in [1.165, 1.54) is 6.92 Å². The maximum Gasteiger partial charge on any atom is 0.272 e. The van der Waals surface area contributed by atoms with E-state index in [0.29, 0.717) is 30.9 Å². The Morgan fingerprint density at radius 1 is 1.24 bits per heavy atom. The van der Waals surface area contributed by atoms with Gasteiger partial charge in [0.05, 0.1) is 6.54 Å². The van der Waals surface area contributed by atoms with Crippen LogP contribution >= 0.6 is 0 Å². The SMILES string of the molecule is CC(=O)c1nn2c(c1Cc1ccccc1)C(=O)N(C)CC2. The number of benzene rings is 1. The average molecular weight is 283 g/mol. The van der Waals surface area contributed by atoms with Crippen LogP contribution in [0.1, 0.15) is 39.0 Å². The molecule has 1 aromatic carbocycles. The van der Waals surface area contributed by atoms with Gasteiger partial charge in [0.15, 0.2) is 5.78 Å². The van der Waals surface area contributed by atoms with Crippen LogP contribution in [0.15, 0.2) is 30.3 Å². The molecule has 2 heterocycles. The molecule has 0 radical (unpaired) electrons. The number of aromatic nitrogens is 2. The molecule has 0 saturated heterocycles. The molecule has 0 saturated carbocycles. The van der Waals surface area contributed by atoms with Crippen LogP contribution in [0.3, 0.4) is 0 Å². The topological polar surface area (TPSA) is 55.2 Å². The molecule has 1 aliphatic heterocycles. The summed E-state index contributed by atoms with van der Waals surface area (Å²) in [5, 5.41) is 4.35. The molecule has 3 rings (SSSR count). The molecule has 108 valence electrons. The third-order valence-electron chi connectivity index (χ3n) is 3.80. The highest BCUT2D eigenvalue weighted by atomic mass is 16.2. The number of fused-ring (bicyclic) bond motifs is 1. The number of likely N-dealkylation sites (N-methyl/N-ethyl adjacent to an activating group) is 1. The van der Waals surface area contributed by atoms with Gasteiger partial charge in [-0.15, -0.1) is 0 Å². The lowest BCUT2D eigenvalue weighted by Gasteiger charge is -2.24. The van der Waals surface area contributed by atoms with Gasteiger partial charge in [0.25, 0.3) is 5.91 Å². The predicted molar refractivity (Wildman–Crippen MR) is 78.4 cm³/mol. The van der Waals surface area contributed by atoms with E-state index in [1.54, 1.807) is 16.6 Å². The van der Waals surface area contributed by atoms with Crippen LogP contribution in [0, 0.1) is 0 Å². The summed E-state index contributed by atoms with van der Waals surface area (Å²) >= 11 is 0. The van der Waals surface area contributed by atoms with Crippen molar-refractivity contribution in [3.63, 3.8) is 0 Å². The third kappa shape index (κ3) is 2.35. The van der Waals surface area contributed by atoms with Gasteiger partial charge in [0, 0.05) is 32.5 Å². The number of rotatable bonds is 3. The molecule has 1 aromatic heterocycles. The monoisotopic (exact) mass is 283 g/mol. The molecule has 0 atom stereocenters. The summed E-state index contributed by atoms with van der Waals surface area (Å²) in [5.41, 5.74) is 2.78. The van der Waals surface area contributed by atoms with Gasteiger partial charge in [-0.05, 0) is 5.56 Å². The number of carbonyl (C=O) groups is 2. The molecule has 0 unspecified atom stereocenters. The second-order valence-electron chi connectivity index (χ2n) is 5.34. The first kappa shape index (κ1) is 13.5. The van der Waals surface area contributed by atoms with E-state index in [2.05, 4.69) is 5.10 Å². The minimum Gasteiger partial charge on any atom is -0.339 e. The van der Waals surface area contributed by atoms with Gasteiger partial charge >= 0.3 is 0 Å². The molecule has 1 aliphatic rings. The van der Waals surface area contributed by atoms with Crippen LogP contribution in [-0.4, -0.2) is 40.0 Å². The Morgan fingerprint density at radius 2 is 1.95 bits per heavy atom. The van der Waals surface area contributed by atoms with Gasteiger partial charge in [-0.2, -0.15) is 5.10 Å². The molecular formula is C16H17N3O2. The molecule has 0 aliphatic carbocycles. The molecule has 2 aromatic rings. The van der Waals surface area contributed by atoms with Crippen LogP contribution in [-0.2, 0) is 13.0 Å². The van der Waals surface area contributed by atoms with E-state index in [4.69, 9.17) is 0 Å². The fraction of sp³-hybridized carbons (Fsp3) is 0.312. The zero-order valence-electron chi connectivity index (χ0n) is 12.2. The van der Waals surface area contributed by atoms with Crippen molar-refractivity contribution >= 4 is 11.7 Å². The maximum absolute atomic E-state index is 12.4. The van der Waals surface area contributed by atoms with Crippen molar-refractivity contribution in [1.82, 2.24) is 14.7 Å². The van der Waals surface area contributed by atoms with Crippen molar-refractivity contribution in [2.75, 3.05) is 13.6 Å². The predicted octanol–water partition coefficient (Wildman–Crippen LogP) is 1.76. The Morgan fingerprint density at radius 3 is 2.62 bits per heavy atom. The number of amides is 1. The highest BCUT2D eigenvalue weighted by Gasteiger charge is 2.30. The standard InChI is InChI=1S/C16H17N3O2/c1-11(20)14-13(10-12-6-4-3-5-7-12)15-16(21)18(2)8-9-19(15)17-14/h3-7H,8-10H2,1-2H3. The summed E-state index contributed by atoms with van der Waals surface area (Å²) in [7, 11) is 1.78. The van der Waals surface area contributed by atoms with Gasteiger partial charge in [-0.1, -0.05) is 30.3 Å². The minimum atomic E-state index is -0.0988. The Kier molecular flexibility index (Phi) is 3.33. The zero-order valence-corrected chi connectivity index (χ0v) is 12.2. The lowest BCUT2D eigenvalue weighted by molar-refractivity contribution is 0.0741. The summed E-state index contributed by atoms with van der Waals surface area (Å²) < 4.78 is 1.68. The van der Waals surface area contributed by atoms with Gasteiger partial charge in [-0.25, -0.2) is 0 Å². The van der Waals surface area contributed by atoms with Crippen molar-refractivity contribution < 1.29 is 9.59 Å². The van der Waals surface area contributed by atoms with Crippen LogP contribution < -0.4 is 0 Å². The largest absolute Gasteiger partial charge is 0.339 e. The van der Waals surface area contributed by atoms with Crippen molar-refractivity contribution in [3.8, 4) is 0 Å². The Labute approximate surface area is 123 Å². The summed E-state index contributed by atoms with van der Waals surface area (Å²) in [6.45, 7) is 2.75. The van der Waals surface area contributed by atoms with Gasteiger partial charge in [0.1, 0.15) is 11.4 Å². The molecule has 0 bridgehead atoms. The third-order valence-corrected chi connectivity index (χ3v) is 3.80. The van der Waals surface area contributed by atoms with E-state index >= 15 is 0 Å². The Balaban J connectivity index is 2.11. The van der Waals surface area contributed by atoms with Crippen LogP contribution in [0.2, 0.25) is 0 Å². The van der Waals surface area contributed by atoms with Crippen molar-refractivity contribution in [1.29, 1.82) is 0 Å². The molecule has 5 nitrogen and oxygen atoms in total. The molecule has 21 heavy (non-hydrogen) atoms. The molecular weight excluding hydrogens is 266 g/mol. The number of carbonyl (C=O) groups excluding carboxylic acids is 2. The first-order chi connectivity index (χ1) is 10.1. The van der Waals surface area contributed by atoms with Crippen molar-refractivity contribution in [2.24, 2.45) is 0 Å². The second kappa shape index (κ2) is 5.16. The van der Waals surface area contributed by atoms with Crippen LogP contribution in [0.25, 0.3) is 0 Å². The number of ketones is 1. The van der Waals surface area contributed by atoms with Gasteiger partial charge < -0.3 is 4.90 Å². The van der Waals surface area contributed by atoms with E-state index in [0.717, 1.165) is 11.1 Å². The van der Waals surface area contributed by atoms with Gasteiger partial charge in [-0.3, -0.25) is 14.3 Å². The molecule has 0 spiro atoms. The number of Topliss-reactive ketones (excluding diaryl/α,β-unsaturated/α-hetero) is 1. The molecule has 1 amide bonds. The van der Waals surface area contributed by atoms with E-state index in [1.807, 2.05) is 30.3 Å². The summed E-state index contributed by atoms with van der Waals surface area (Å²) in [6.07, 6.45) is 0.546. The maximum atomic E-state index is 12.4. The average Bonchev–Trinajstić information content (AvgIpc) is 2.84. The number of hydrogen-bond donors (Lipinski definition) is 0. The first-order valence-electron chi connectivity index (χ1n) is 6.98. The molecule has 5 heteroatoms. The van der Waals surface area contributed by atoms with E-state index < -0.39 is 0 Å². The van der Waals surface area contributed by atoms with E-state index in [9.17, 15) is 9.59 Å². The Bertz CT molecular complexity index is 704. The van der Waals surface area contributed by atoms with Crippen molar-refractivity contribution in [3.05, 3.63) is 52.8 Å². The Hall–Kier alpha value is -2.43. The summed E-state index contributed by atoms with van der Waals surface area (Å²) in [6, 6.07) is 9.83. The summed E-state index contributed by atoms with van der Waals surface area (Å²) in [5.74, 6) is -0.162. The van der Waals surface area contributed by atoms with Crippen LogP contribution in [0.4, 0.5) is 0 Å². The fourth-order valence-electron chi connectivity index (χ4n) is 2.68. The summed E-state index contributed by atoms with van der Waals surface area (Å²) in [4.78, 5) is 26.0. The van der Waals surface area contributed by atoms with E-state index in [-0.39, 0.29) is 11.7 Å². The molecule has 0 N–H and O–H groups in total. The smallest absolute Gasteiger partial charge is 0.272 e. The highest BCUT2D eigenvalue weighted by molar-refractivity contribution is 6.00. The quantitative estimate of drug-likeness (QED) is 0.807. The lowest BCUT2D eigenvalue weighted by Crippen LogP contribution is -2.38. The second-order valence-corrected chi connectivity index (χ2v) is 5.34. The zero-order chi connectivity index (χ0) is 15.0. The number of nitrogens with zero attached hydrogens (tertiary/aromatic N) is 3.